The molecule has 0 aliphatic heterocycles. The monoisotopic (exact) mass is 300 g/mol. The maximum absolute atomic E-state index is 11.7. The standard InChI is InChI=1S/C18H24N2O2/c1-12(2)8-18(21)22-10-15-6-5-7-16(13(15)3)14(4)17-9-19-11-20-17/h5-7,9,11-12,14H,8,10H2,1-4H3,(H,19,20). The van der Waals surface area contributed by atoms with Gasteiger partial charge in [-0.05, 0) is 29.5 Å². The molecule has 2 aromatic rings. The zero-order valence-corrected chi connectivity index (χ0v) is 13.7. The summed E-state index contributed by atoms with van der Waals surface area (Å²) in [6.07, 6.45) is 4.07. The van der Waals surface area contributed by atoms with Gasteiger partial charge in [-0.15, -0.1) is 0 Å². The number of hydrogen-bond acceptors (Lipinski definition) is 3. The molecule has 22 heavy (non-hydrogen) atoms. The molecule has 0 radical (unpaired) electrons. The molecule has 1 atom stereocenters. The number of nitrogens with one attached hydrogen (secondary N) is 1. The van der Waals surface area contributed by atoms with E-state index >= 15 is 0 Å². The molecule has 4 heteroatoms. The highest BCUT2D eigenvalue weighted by Crippen LogP contribution is 2.27. The topological polar surface area (TPSA) is 55.0 Å². The molecule has 1 unspecified atom stereocenters. The van der Waals surface area contributed by atoms with E-state index in [1.165, 1.54) is 5.56 Å². The van der Waals surface area contributed by atoms with Gasteiger partial charge >= 0.3 is 5.97 Å². The van der Waals surface area contributed by atoms with E-state index in [0.717, 1.165) is 16.8 Å². The molecule has 0 saturated carbocycles. The number of aromatic nitrogens is 2. The first-order valence-electron chi connectivity index (χ1n) is 7.71. The Hall–Kier alpha value is -2.10. The summed E-state index contributed by atoms with van der Waals surface area (Å²) in [5.74, 6) is 0.386. The molecule has 0 aliphatic carbocycles. The molecule has 1 aromatic heterocycles. The van der Waals surface area contributed by atoms with Gasteiger partial charge in [0.05, 0.1) is 12.0 Å². The predicted octanol–water partition coefficient (Wildman–Crippen LogP) is 3.96. The average Bonchev–Trinajstić information content (AvgIpc) is 2.99. The van der Waals surface area contributed by atoms with Crippen LogP contribution in [0.3, 0.4) is 0 Å². The number of hydrogen-bond donors (Lipinski definition) is 1. The number of esters is 1. The molecule has 4 nitrogen and oxygen atoms in total. The highest BCUT2D eigenvalue weighted by atomic mass is 16.5. The van der Waals surface area contributed by atoms with Crippen molar-refractivity contribution in [1.82, 2.24) is 9.97 Å². The summed E-state index contributed by atoms with van der Waals surface area (Å²) in [6.45, 7) is 8.56. The van der Waals surface area contributed by atoms with Crippen LogP contribution < -0.4 is 0 Å². The zero-order valence-electron chi connectivity index (χ0n) is 13.7. The van der Waals surface area contributed by atoms with E-state index in [-0.39, 0.29) is 11.9 Å². The second-order valence-corrected chi connectivity index (χ2v) is 6.11. The first-order valence-corrected chi connectivity index (χ1v) is 7.71. The van der Waals surface area contributed by atoms with Crippen LogP contribution in [0.1, 0.15) is 55.5 Å². The van der Waals surface area contributed by atoms with Gasteiger partial charge in [0.25, 0.3) is 0 Å². The Kier molecular flexibility index (Phi) is 5.36. The van der Waals surface area contributed by atoms with E-state index in [0.29, 0.717) is 18.9 Å². The summed E-state index contributed by atoms with van der Waals surface area (Å²) >= 11 is 0. The van der Waals surface area contributed by atoms with Crippen LogP contribution in [0, 0.1) is 12.8 Å². The molecular formula is C18H24N2O2. The van der Waals surface area contributed by atoms with Crippen LogP contribution in [0.2, 0.25) is 0 Å². The van der Waals surface area contributed by atoms with Crippen LogP contribution in [0.15, 0.2) is 30.7 Å². The fourth-order valence-electron chi connectivity index (χ4n) is 2.55. The van der Waals surface area contributed by atoms with E-state index in [1.807, 2.05) is 32.2 Å². The van der Waals surface area contributed by atoms with Crippen LogP contribution >= 0.6 is 0 Å². The number of carbonyl (C=O) groups excluding carboxylic acids is 1. The smallest absolute Gasteiger partial charge is 0.306 e. The highest BCUT2D eigenvalue weighted by molar-refractivity contribution is 5.69. The number of aromatic amines is 1. The summed E-state index contributed by atoms with van der Waals surface area (Å²) in [5.41, 5.74) is 4.44. The first-order chi connectivity index (χ1) is 10.5. The molecule has 0 aliphatic rings. The molecule has 1 heterocycles. The van der Waals surface area contributed by atoms with Gasteiger partial charge in [-0.2, -0.15) is 0 Å². The molecule has 0 fully saturated rings. The van der Waals surface area contributed by atoms with Gasteiger partial charge in [0.1, 0.15) is 6.61 Å². The van der Waals surface area contributed by atoms with Gasteiger partial charge in [-0.3, -0.25) is 4.79 Å². The molecule has 118 valence electrons. The average molecular weight is 300 g/mol. The zero-order chi connectivity index (χ0) is 16.1. The lowest BCUT2D eigenvalue weighted by atomic mass is 9.91. The highest BCUT2D eigenvalue weighted by Gasteiger charge is 2.15. The van der Waals surface area contributed by atoms with E-state index in [9.17, 15) is 4.79 Å². The Labute approximate surface area is 131 Å². The van der Waals surface area contributed by atoms with Crippen molar-refractivity contribution in [2.45, 2.75) is 46.6 Å². The summed E-state index contributed by atoms with van der Waals surface area (Å²) in [6, 6.07) is 6.13. The third-order valence-corrected chi connectivity index (χ3v) is 3.88. The van der Waals surface area contributed by atoms with Gasteiger partial charge in [0, 0.05) is 18.5 Å². The Morgan fingerprint density at radius 1 is 1.32 bits per heavy atom. The minimum absolute atomic E-state index is 0.139. The van der Waals surface area contributed by atoms with Crippen molar-refractivity contribution in [1.29, 1.82) is 0 Å². The number of imidazole rings is 1. The van der Waals surface area contributed by atoms with Crippen molar-refractivity contribution in [3.63, 3.8) is 0 Å². The Morgan fingerprint density at radius 2 is 2.09 bits per heavy atom. The third kappa shape index (κ3) is 3.97. The maximum Gasteiger partial charge on any atom is 0.306 e. The summed E-state index contributed by atoms with van der Waals surface area (Å²) in [4.78, 5) is 19.0. The lowest BCUT2D eigenvalue weighted by molar-refractivity contribution is -0.145. The molecule has 0 bridgehead atoms. The number of ether oxygens (including phenoxy) is 1. The fourth-order valence-corrected chi connectivity index (χ4v) is 2.55. The summed E-state index contributed by atoms with van der Waals surface area (Å²) in [7, 11) is 0. The van der Waals surface area contributed by atoms with Crippen molar-refractivity contribution >= 4 is 5.97 Å². The van der Waals surface area contributed by atoms with Crippen LogP contribution in [-0.4, -0.2) is 15.9 Å². The first kappa shape index (κ1) is 16.3. The van der Waals surface area contributed by atoms with Gasteiger partial charge < -0.3 is 9.72 Å². The summed E-state index contributed by atoms with van der Waals surface area (Å²) < 4.78 is 5.38. The second-order valence-electron chi connectivity index (χ2n) is 6.11. The third-order valence-electron chi connectivity index (χ3n) is 3.88. The summed E-state index contributed by atoms with van der Waals surface area (Å²) in [5, 5.41) is 0. The van der Waals surface area contributed by atoms with Crippen molar-refractivity contribution in [2.24, 2.45) is 5.92 Å². The molecule has 1 N–H and O–H groups in total. The number of carbonyl (C=O) groups is 1. The molecule has 0 amide bonds. The SMILES string of the molecule is Cc1c(COC(=O)CC(C)C)cccc1C(C)c1c[nH]cn1. The number of H-pyrrole nitrogens is 1. The Morgan fingerprint density at radius 3 is 2.73 bits per heavy atom. The van der Waals surface area contributed by atoms with Crippen LogP contribution in [-0.2, 0) is 16.1 Å². The van der Waals surface area contributed by atoms with Gasteiger partial charge in [0.15, 0.2) is 0 Å². The van der Waals surface area contributed by atoms with E-state index < -0.39 is 0 Å². The van der Waals surface area contributed by atoms with Crippen LogP contribution in [0.25, 0.3) is 0 Å². The van der Waals surface area contributed by atoms with Crippen molar-refractivity contribution in [2.75, 3.05) is 0 Å². The predicted molar refractivity (Wildman–Crippen MR) is 86.5 cm³/mol. The quantitative estimate of drug-likeness (QED) is 0.822. The van der Waals surface area contributed by atoms with Crippen LogP contribution in [0.4, 0.5) is 0 Å². The molecular weight excluding hydrogens is 276 g/mol. The van der Waals surface area contributed by atoms with Crippen molar-refractivity contribution in [3.05, 3.63) is 53.1 Å². The number of nitrogens with zero attached hydrogens (tertiary/aromatic N) is 1. The largest absolute Gasteiger partial charge is 0.461 e. The van der Waals surface area contributed by atoms with Crippen molar-refractivity contribution < 1.29 is 9.53 Å². The minimum atomic E-state index is -0.139. The number of rotatable bonds is 6. The van der Waals surface area contributed by atoms with Gasteiger partial charge in [-0.25, -0.2) is 4.98 Å². The molecule has 0 saturated heterocycles. The second kappa shape index (κ2) is 7.25. The van der Waals surface area contributed by atoms with Crippen LogP contribution in [0.5, 0.6) is 0 Å². The van der Waals surface area contributed by atoms with E-state index in [4.69, 9.17) is 4.74 Å². The number of benzene rings is 1. The minimum Gasteiger partial charge on any atom is -0.461 e. The van der Waals surface area contributed by atoms with Gasteiger partial charge in [0.2, 0.25) is 0 Å². The maximum atomic E-state index is 11.7. The van der Waals surface area contributed by atoms with E-state index in [2.05, 4.69) is 29.9 Å². The molecule has 1 aromatic carbocycles. The lowest BCUT2D eigenvalue weighted by Crippen LogP contribution is -2.09. The van der Waals surface area contributed by atoms with E-state index in [1.54, 1.807) is 6.33 Å². The normalized spacial score (nSPS) is 12.4. The lowest BCUT2D eigenvalue weighted by Gasteiger charge is -2.16. The van der Waals surface area contributed by atoms with Crippen molar-refractivity contribution in [3.8, 4) is 0 Å². The fraction of sp³-hybridized carbons (Fsp3) is 0.444. The molecule has 2 rings (SSSR count). The Bertz CT molecular complexity index is 618. The Balaban J connectivity index is 2.11. The van der Waals surface area contributed by atoms with Gasteiger partial charge in [-0.1, -0.05) is 39.0 Å². The molecule has 0 spiro atoms.